The Hall–Kier alpha value is 0.385. The zero-order chi connectivity index (χ0) is 3.58. The first kappa shape index (κ1) is 26.3. The van der Waals surface area contributed by atoms with Crippen LogP contribution in [0.25, 0.3) is 0 Å². The fourth-order valence-electron chi connectivity index (χ4n) is 0. The number of hydrogen-bond donors (Lipinski definition) is 0. The average Bonchev–Trinajstić information content (AvgIpc) is 0.811. The van der Waals surface area contributed by atoms with Gasteiger partial charge in [0.25, 0.3) is 0 Å². The van der Waals surface area contributed by atoms with Gasteiger partial charge in [0.1, 0.15) is 0 Å². The fraction of sp³-hybridized carbons (Fsp3) is 0. The van der Waals surface area contributed by atoms with E-state index in [4.69, 9.17) is 15.0 Å². The van der Waals surface area contributed by atoms with Gasteiger partial charge in [-0.25, -0.2) is 0 Å². The molecule has 0 aliphatic heterocycles. The van der Waals surface area contributed by atoms with Gasteiger partial charge in [0.2, 0.25) is 0 Å². The minimum Gasteiger partial charge on any atom is -2.00 e. The molecule has 40 valence electrons. The topological polar surface area (TPSA) is 120 Å². The van der Waals surface area contributed by atoms with Crippen LogP contribution < -0.4 is 10.2 Å². The van der Waals surface area contributed by atoms with Crippen LogP contribution in [-0.2, 0) is 11.0 Å². The summed E-state index contributed by atoms with van der Waals surface area (Å²) in [4.78, 5) is 8.33. The molecule has 6 heteroatoms. The van der Waals surface area contributed by atoms with Crippen molar-refractivity contribution in [2.24, 2.45) is 0 Å². The van der Waals surface area contributed by atoms with Crippen LogP contribution in [0, 0.1) is 35.6 Å². The number of carbonyl (C=O) groups excluding carboxylic acids is 1. The molecule has 0 amide bonds. The molecule has 0 bridgehead atoms. The molecular formula is CLaO5-3. The van der Waals surface area contributed by atoms with E-state index in [2.05, 4.69) is 0 Å². The summed E-state index contributed by atoms with van der Waals surface area (Å²) in [5, 5.41) is 16.7. The monoisotopic (exact) mass is 231 g/mol. The molecule has 0 N–H and O–H groups in total. The third-order valence-corrected chi connectivity index (χ3v) is 0. The normalized spacial score (nSPS) is 3.43. The van der Waals surface area contributed by atoms with Gasteiger partial charge in [0.05, 0.1) is 0 Å². The predicted molar refractivity (Wildman–Crippen MR) is 6.77 cm³/mol. The van der Waals surface area contributed by atoms with Gasteiger partial charge in [-0.3, -0.25) is 0 Å². The molecule has 0 spiro atoms. The van der Waals surface area contributed by atoms with Gasteiger partial charge in [-0.2, -0.15) is 0 Å². The van der Waals surface area contributed by atoms with Crippen LogP contribution in [-0.4, -0.2) is 6.16 Å². The van der Waals surface area contributed by atoms with Crippen LogP contribution in [0.1, 0.15) is 0 Å². The van der Waals surface area contributed by atoms with Crippen molar-refractivity contribution in [2.45, 2.75) is 0 Å². The van der Waals surface area contributed by atoms with Gasteiger partial charge in [-0.05, 0) is 6.16 Å². The zero-order valence-corrected chi connectivity index (χ0v) is 6.74. The second kappa shape index (κ2) is 16.2. The van der Waals surface area contributed by atoms with Gasteiger partial charge in [-0.1, -0.05) is 0 Å². The Bertz CT molecular complexity index is 31.1. The Kier molecular flexibility index (Phi) is 60.7. The van der Waals surface area contributed by atoms with E-state index >= 15 is 0 Å². The van der Waals surface area contributed by atoms with E-state index in [0.717, 1.165) is 0 Å². The molecule has 0 rings (SSSR count). The van der Waals surface area contributed by atoms with Crippen molar-refractivity contribution in [3.63, 3.8) is 0 Å². The maximum Gasteiger partial charge on any atom is 3.00 e. The summed E-state index contributed by atoms with van der Waals surface area (Å²) in [7, 11) is 0. The molecule has 0 aromatic carbocycles. The van der Waals surface area contributed by atoms with E-state index in [1.165, 1.54) is 0 Å². The summed E-state index contributed by atoms with van der Waals surface area (Å²) in [6, 6.07) is 0. The molecule has 0 aliphatic carbocycles. The van der Waals surface area contributed by atoms with Gasteiger partial charge < -0.3 is 26.0 Å². The molecule has 7 heavy (non-hydrogen) atoms. The van der Waals surface area contributed by atoms with Crippen LogP contribution in [0.2, 0.25) is 0 Å². The van der Waals surface area contributed by atoms with Crippen molar-refractivity contribution in [3.05, 3.63) is 0 Å². The third-order valence-electron chi connectivity index (χ3n) is 0. The maximum atomic E-state index is 8.33. The van der Waals surface area contributed by atoms with Crippen LogP contribution in [0.5, 0.6) is 0 Å². The quantitative estimate of drug-likeness (QED) is 0.451. The van der Waals surface area contributed by atoms with Crippen LogP contribution >= 0.6 is 0 Å². The smallest absolute Gasteiger partial charge is 2.00 e. The van der Waals surface area contributed by atoms with E-state index in [9.17, 15) is 0 Å². The first-order chi connectivity index (χ1) is 1.73. The van der Waals surface area contributed by atoms with E-state index in [0.29, 0.717) is 0 Å². The van der Waals surface area contributed by atoms with E-state index < -0.39 is 6.16 Å². The van der Waals surface area contributed by atoms with Crippen molar-refractivity contribution >= 4 is 6.16 Å². The summed E-state index contributed by atoms with van der Waals surface area (Å²) >= 11 is 0. The maximum absolute atomic E-state index is 8.33. The van der Waals surface area contributed by atoms with Crippen LogP contribution in [0.4, 0.5) is 4.79 Å². The molecule has 5 nitrogen and oxygen atoms in total. The summed E-state index contributed by atoms with van der Waals surface area (Å²) in [5.41, 5.74) is 0. The second-order valence-corrected chi connectivity index (χ2v) is 0.250. The summed E-state index contributed by atoms with van der Waals surface area (Å²) in [6.45, 7) is 0. The molecule has 0 aliphatic rings. The molecule has 0 atom stereocenters. The minimum atomic E-state index is -2.33. The van der Waals surface area contributed by atoms with E-state index in [1.807, 2.05) is 0 Å². The second-order valence-electron chi connectivity index (χ2n) is 0.250. The van der Waals surface area contributed by atoms with Crippen LogP contribution in [0.3, 0.4) is 0 Å². The van der Waals surface area contributed by atoms with Gasteiger partial charge in [-0.15, -0.1) is 0 Å². The Morgan fingerprint density at radius 3 is 1.14 bits per heavy atom. The fourth-order valence-corrected chi connectivity index (χ4v) is 0. The molecule has 0 saturated carbocycles. The van der Waals surface area contributed by atoms with Crippen molar-refractivity contribution in [1.82, 2.24) is 0 Å². The van der Waals surface area contributed by atoms with Gasteiger partial charge in [0, 0.05) is 0 Å². The van der Waals surface area contributed by atoms with Gasteiger partial charge >= 0.3 is 35.6 Å². The summed E-state index contributed by atoms with van der Waals surface area (Å²) in [5.74, 6) is 0. The molecule has 0 radical (unpaired) electrons. The third kappa shape index (κ3) is 829. The number of carboxylic acid groups (broad SMARTS) is 2. The number of carbonyl (C=O) groups is 1. The summed E-state index contributed by atoms with van der Waals surface area (Å²) < 4.78 is 0. The van der Waals surface area contributed by atoms with Crippen molar-refractivity contribution in [2.75, 3.05) is 0 Å². The largest absolute Gasteiger partial charge is 3.00 e. The molecule has 0 unspecified atom stereocenters. The standard InChI is InChI=1S/CH2O3.La.2O/c2-1(3)4;;;/h(H2,2,3,4);;;/q;+3;2*-2/p-2. The molecule has 0 aromatic heterocycles. The van der Waals surface area contributed by atoms with Crippen molar-refractivity contribution in [1.29, 1.82) is 0 Å². The van der Waals surface area contributed by atoms with Crippen LogP contribution in [0.15, 0.2) is 0 Å². The van der Waals surface area contributed by atoms with E-state index in [-0.39, 0.29) is 46.6 Å². The Labute approximate surface area is 67.6 Å². The molecular weight excluding hydrogens is 231 g/mol. The Morgan fingerprint density at radius 2 is 1.14 bits per heavy atom. The van der Waals surface area contributed by atoms with E-state index in [1.54, 1.807) is 0 Å². The molecule has 0 fully saturated rings. The predicted octanol–water partition coefficient (Wildman–Crippen LogP) is -2.68. The SMILES string of the molecule is O=C([O-])[O-].[La+3].[O-2].[O-2]. The number of rotatable bonds is 0. The zero-order valence-electron chi connectivity index (χ0n) is 3.12. The number of hydrogen-bond acceptors (Lipinski definition) is 3. The molecule has 0 saturated heterocycles. The Morgan fingerprint density at radius 1 is 1.14 bits per heavy atom. The minimum absolute atomic E-state index is 0. The Balaban J connectivity index is -0.0000000150. The first-order valence-electron chi connectivity index (χ1n) is 0.612. The summed E-state index contributed by atoms with van der Waals surface area (Å²) in [6.07, 6.45) is -2.33. The first-order valence-corrected chi connectivity index (χ1v) is 0.612. The molecule has 0 aromatic rings. The van der Waals surface area contributed by atoms with Gasteiger partial charge in [0.15, 0.2) is 0 Å². The molecule has 0 heterocycles. The average molecular weight is 231 g/mol. The van der Waals surface area contributed by atoms with Crippen molar-refractivity contribution < 1.29 is 61.6 Å². The van der Waals surface area contributed by atoms with Crippen molar-refractivity contribution in [3.8, 4) is 0 Å².